The van der Waals surface area contributed by atoms with Gasteiger partial charge in [-0.2, -0.15) is 0 Å². The Morgan fingerprint density at radius 2 is 2.45 bits per heavy atom. The smallest absolute Gasteiger partial charge is 0.185 e. The van der Waals surface area contributed by atoms with Gasteiger partial charge in [-0.1, -0.05) is 11.8 Å². The first kappa shape index (κ1) is 9.07. The van der Waals surface area contributed by atoms with Gasteiger partial charge < -0.3 is 4.74 Å². The summed E-state index contributed by atoms with van der Waals surface area (Å²) in [6.45, 7) is 2.48. The zero-order valence-corrected chi connectivity index (χ0v) is 7.65. The molecule has 3 heteroatoms. The van der Waals surface area contributed by atoms with Crippen LogP contribution in [0, 0.1) is 0 Å². The Bertz CT molecular complexity index is 130. The van der Waals surface area contributed by atoms with E-state index in [4.69, 9.17) is 4.74 Å². The Balaban J connectivity index is 2.09. The summed E-state index contributed by atoms with van der Waals surface area (Å²) in [5, 5.41) is 0.194. The highest BCUT2D eigenvalue weighted by atomic mass is 32.2. The molecule has 0 aromatic carbocycles. The van der Waals surface area contributed by atoms with Crippen molar-refractivity contribution < 1.29 is 9.53 Å². The summed E-state index contributed by atoms with van der Waals surface area (Å²) < 4.78 is 5.46. The van der Waals surface area contributed by atoms with Gasteiger partial charge in [0.1, 0.15) is 0 Å². The fourth-order valence-corrected chi connectivity index (χ4v) is 1.83. The van der Waals surface area contributed by atoms with Crippen LogP contribution in [0.4, 0.5) is 0 Å². The number of thioether (sulfide) groups is 1. The molecule has 2 nitrogen and oxygen atoms in total. The van der Waals surface area contributed by atoms with Crippen LogP contribution in [0.15, 0.2) is 0 Å². The van der Waals surface area contributed by atoms with Crippen molar-refractivity contribution in [2.45, 2.75) is 32.3 Å². The van der Waals surface area contributed by atoms with Gasteiger partial charge in [0.05, 0.1) is 6.10 Å². The highest BCUT2D eigenvalue weighted by molar-refractivity contribution is 8.13. The lowest BCUT2D eigenvalue weighted by Gasteiger charge is -2.21. The van der Waals surface area contributed by atoms with Gasteiger partial charge in [0.15, 0.2) is 5.12 Å². The van der Waals surface area contributed by atoms with Crippen molar-refractivity contribution in [3.63, 3.8) is 0 Å². The molecule has 0 aliphatic carbocycles. The van der Waals surface area contributed by atoms with E-state index in [1.54, 1.807) is 6.92 Å². The number of ether oxygens (including phenoxy) is 1. The average molecular weight is 174 g/mol. The third kappa shape index (κ3) is 3.77. The number of hydrogen-bond donors (Lipinski definition) is 0. The van der Waals surface area contributed by atoms with E-state index in [9.17, 15) is 4.79 Å². The first-order valence-electron chi connectivity index (χ1n) is 4.04. The van der Waals surface area contributed by atoms with Crippen LogP contribution in [0.1, 0.15) is 26.2 Å². The number of carbonyl (C=O) groups excluding carboxylic acids is 1. The molecular weight excluding hydrogens is 160 g/mol. The second-order valence-corrected chi connectivity index (χ2v) is 3.99. The van der Waals surface area contributed by atoms with Crippen molar-refractivity contribution in [3.05, 3.63) is 0 Å². The Hall–Kier alpha value is -0.0200. The average Bonchev–Trinajstić information content (AvgIpc) is 2.03. The summed E-state index contributed by atoms with van der Waals surface area (Å²) in [7, 11) is 0. The van der Waals surface area contributed by atoms with Crippen LogP contribution in [-0.2, 0) is 9.53 Å². The standard InChI is InChI=1S/C8H14O2S/c1-7(9)11-6-8-4-2-3-5-10-8/h8H,2-6H2,1H3. The molecule has 1 fully saturated rings. The van der Waals surface area contributed by atoms with E-state index in [-0.39, 0.29) is 5.12 Å². The van der Waals surface area contributed by atoms with Gasteiger partial charge in [-0.25, -0.2) is 0 Å². The highest BCUT2D eigenvalue weighted by Gasteiger charge is 2.13. The summed E-state index contributed by atoms with van der Waals surface area (Å²) >= 11 is 1.37. The van der Waals surface area contributed by atoms with E-state index in [0.29, 0.717) is 6.10 Å². The first-order chi connectivity index (χ1) is 5.29. The Kier molecular flexibility index (Phi) is 3.94. The Labute approximate surface area is 71.7 Å². The molecule has 11 heavy (non-hydrogen) atoms. The predicted octanol–water partition coefficient (Wildman–Crippen LogP) is 1.84. The molecule has 0 radical (unpaired) electrons. The van der Waals surface area contributed by atoms with Crippen molar-refractivity contribution in [1.29, 1.82) is 0 Å². The van der Waals surface area contributed by atoms with Crippen LogP contribution in [0.5, 0.6) is 0 Å². The fraction of sp³-hybridized carbons (Fsp3) is 0.875. The van der Waals surface area contributed by atoms with Gasteiger partial charge in [-0.05, 0) is 19.3 Å². The monoisotopic (exact) mass is 174 g/mol. The Morgan fingerprint density at radius 3 is 3.00 bits per heavy atom. The molecule has 1 aliphatic heterocycles. The molecule has 0 aromatic heterocycles. The van der Waals surface area contributed by atoms with E-state index < -0.39 is 0 Å². The summed E-state index contributed by atoms with van der Waals surface area (Å²) in [6.07, 6.45) is 3.89. The van der Waals surface area contributed by atoms with Gasteiger partial charge in [0.25, 0.3) is 0 Å². The van der Waals surface area contributed by atoms with Gasteiger partial charge in [0, 0.05) is 19.3 Å². The molecule has 1 unspecified atom stereocenters. The lowest BCUT2D eigenvalue weighted by Crippen LogP contribution is -2.21. The van der Waals surface area contributed by atoms with E-state index in [1.807, 2.05) is 0 Å². The van der Waals surface area contributed by atoms with E-state index in [0.717, 1.165) is 18.8 Å². The number of rotatable bonds is 2. The quantitative estimate of drug-likeness (QED) is 0.639. The van der Waals surface area contributed by atoms with Crippen LogP contribution in [0.3, 0.4) is 0 Å². The van der Waals surface area contributed by atoms with E-state index in [2.05, 4.69) is 0 Å². The maximum absolute atomic E-state index is 10.6. The largest absolute Gasteiger partial charge is 0.377 e. The maximum atomic E-state index is 10.6. The van der Waals surface area contributed by atoms with Crippen LogP contribution in [-0.4, -0.2) is 23.6 Å². The first-order valence-corrected chi connectivity index (χ1v) is 5.02. The molecule has 1 rings (SSSR count). The van der Waals surface area contributed by atoms with E-state index in [1.165, 1.54) is 24.6 Å². The lowest BCUT2D eigenvalue weighted by molar-refractivity contribution is -0.109. The van der Waals surface area contributed by atoms with Crippen molar-refractivity contribution in [2.24, 2.45) is 0 Å². The highest BCUT2D eigenvalue weighted by Crippen LogP contribution is 2.17. The minimum atomic E-state index is 0.194. The van der Waals surface area contributed by atoms with Crippen LogP contribution in [0.2, 0.25) is 0 Å². The molecule has 1 heterocycles. The van der Waals surface area contributed by atoms with Crippen LogP contribution in [0.25, 0.3) is 0 Å². The second-order valence-electron chi connectivity index (χ2n) is 2.79. The lowest BCUT2D eigenvalue weighted by atomic mass is 10.1. The minimum Gasteiger partial charge on any atom is -0.377 e. The second kappa shape index (κ2) is 4.78. The molecule has 0 spiro atoms. The third-order valence-corrected chi connectivity index (χ3v) is 2.69. The molecule has 64 valence electrons. The van der Waals surface area contributed by atoms with Crippen molar-refractivity contribution in [2.75, 3.05) is 12.4 Å². The molecule has 1 saturated heterocycles. The summed E-state index contributed by atoms with van der Waals surface area (Å²) in [5.41, 5.74) is 0. The molecule has 0 N–H and O–H groups in total. The third-order valence-electron chi connectivity index (χ3n) is 1.75. The van der Waals surface area contributed by atoms with Crippen LogP contribution >= 0.6 is 11.8 Å². The summed E-state index contributed by atoms with van der Waals surface area (Å²) in [6, 6.07) is 0. The summed E-state index contributed by atoms with van der Waals surface area (Å²) in [5.74, 6) is 0.843. The van der Waals surface area contributed by atoms with Gasteiger partial charge in [-0.15, -0.1) is 0 Å². The Morgan fingerprint density at radius 1 is 1.64 bits per heavy atom. The SMILES string of the molecule is CC(=O)SCC1CCCCO1. The van der Waals surface area contributed by atoms with Crippen molar-refractivity contribution >= 4 is 16.9 Å². The van der Waals surface area contributed by atoms with Crippen LogP contribution < -0.4 is 0 Å². The van der Waals surface area contributed by atoms with Gasteiger partial charge in [-0.3, -0.25) is 4.79 Å². The molecule has 0 bridgehead atoms. The fourth-order valence-electron chi connectivity index (χ4n) is 1.15. The summed E-state index contributed by atoms with van der Waals surface area (Å²) in [4.78, 5) is 10.6. The molecule has 1 aliphatic rings. The minimum absolute atomic E-state index is 0.194. The van der Waals surface area contributed by atoms with Crippen molar-refractivity contribution in [3.8, 4) is 0 Å². The molecule has 1 atom stereocenters. The predicted molar refractivity (Wildman–Crippen MR) is 46.7 cm³/mol. The normalized spacial score (nSPS) is 25.0. The number of hydrogen-bond acceptors (Lipinski definition) is 3. The number of carbonyl (C=O) groups is 1. The van der Waals surface area contributed by atoms with Crippen molar-refractivity contribution in [1.82, 2.24) is 0 Å². The molecular formula is C8H14O2S. The van der Waals surface area contributed by atoms with Gasteiger partial charge in [0.2, 0.25) is 0 Å². The topological polar surface area (TPSA) is 26.3 Å². The molecule has 0 saturated carbocycles. The maximum Gasteiger partial charge on any atom is 0.185 e. The zero-order valence-electron chi connectivity index (χ0n) is 6.84. The molecule has 0 aromatic rings. The zero-order chi connectivity index (χ0) is 8.10. The van der Waals surface area contributed by atoms with E-state index >= 15 is 0 Å². The molecule has 0 amide bonds. The van der Waals surface area contributed by atoms with Gasteiger partial charge >= 0.3 is 0 Å².